The number of aliphatic hydroxyl groups excluding tert-OH is 1. The Morgan fingerprint density at radius 2 is 2.24 bits per heavy atom. The first-order chi connectivity index (χ1) is 8.11. The molecule has 17 heavy (non-hydrogen) atoms. The third-order valence-electron chi connectivity index (χ3n) is 1.84. The van der Waals surface area contributed by atoms with Crippen LogP contribution in [0.25, 0.3) is 0 Å². The Balaban J connectivity index is 2.30. The summed E-state index contributed by atoms with van der Waals surface area (Å²) in [6.45, 7) is 3.03. The molecule has 0 radical (unpaired) electrons. The molecule has 0 aliphatic rings. The Morgan fingerprint density at radius 1 is 1.47 bits per heavy atom. The highest BCUT2D eigenvalue weighted by Crippen LogP contribution is 2.17. The maximum Gasteiger partial charge on any atom is 0.330 e. The Bertz CT molecular complexity index is 388. The SMILES string of the molecule is C=CC(=O)OCC(O)COc1cccc(O)c1. The van der Waals surface area contributed by atoms with E-state index < -0.39 is 12.1 Å². The molecule has 92 valence electrons. The first kappa shape index (κ1) is 13.1. The molecule has 0 aliphatic heterocycles. The zero-order valence-corrected chi connectivity index (χ0v) is 9.20. The highest BCUT2D eigenvalue weighted by atomic mass is 16.5. The summed E-state index contributed by atoms with van der Waals surface area (Å²) in [6.07, 6.45) is 0.0873. The molecular formula is C12H14O5. The Hall–Kier alpha value is -2.01. The maximum absolute atomic E-state index is 10.7. The Morgan fingerprint density at radius 3 is 2.88 bits per heavy atom. The number of hydrogen-bond acceptors (Lipinski definition) is 5. The molecule has 1 aromatic carbocycles. The molecule has 5 heteroatoms. The lowest BCUT2D eigenvalue weighted by Gasteiger charge is -2.12. The first-order valence-electron chi connectivity index (χ1n) is 5.01. The van der Waals surface area contributed by atoms with E-state index in [1.165, 1.54) is 12.1 Å². The van der Waals surface area contributed by atoms with Crippen molar-refractivity contribution in [3.8, 4) is 11.5 Å². The lowest BCUT2D eigenvalue weighted by molar-refractivity contribution is -0.141. The molecule has 0 aliphatic carbocycles. The van der Waals surface area contributed by atoms with Gasteiger partial charge in [-0.25, -0.2) is 4.79 Å². The quantitative estimate of drug-likeness (QED) is 0.568. The van der Waals surface area contributed by atoms with E-state index in [0.717, 1.165) is 6.08 Å². The van der Waals surface area contributed by atoms with Crippen LogP contribution in [-0.2, 0) is 9.53 Å². The Labute approximate surface area is 98.9 Å². The number of aliphatic hydroxyl groups is 1. The van der Waals surface area contributed by atoms with Crippen LogP contribution >= 0.6 is 0 Å². The van der Waals surface area contributed by atoms with E-state index in [4.69, 9.17) is 9.84 Å². The maximum atomic E-state index is 10.7. The largest absolute Gasteiger partial charge is 0.508 e. The molecule has 0 bridgehead atoms. The summed E-state index contributed by atoms with van der Waals surface area (Å²) in [6, 6.07) is 6.19. The lowest BCUT2D eigenvalue weighted by atomic mass is 10.3. The minimum Gasteiger partial charge on any atom is -0.508 e. The van der Waals surface area contributed by atoms with E-state index in [-0.39, 0.29) is 19.0 Å². The average Bonchev–Trinajstić information content (AvgIpc) is 2.33. The molecule has 1 atom stereocenters. The molecule has 0 fully saturated rings. The van der Waals surface area contributed by atoms with Crippen LogP contribution in [0.1, 0.15) is 0 Å². The van der Waals surface area contributed by atoms with Crippen molar-refractivity contribution < 1.29 is 24.5 Å². The summed E-state index contributed by atoms with van der Waals surface area (Å²) < 4.78 is 9.82. The van der Waals surface area contributed by atoms with Crippen LogP contribution in [0.4, 0.5) is 0 Å². The number of phenols is 1. The lowest BCUT2D eigenvalue weighted by Crippen LogP contribution is -2.24. The number of hydrogen-bond donors (Lipinski definition) is 2. The van der Waals surface area contributed by atoms with Gasteiger partial charge >= 0.3 is 5.97 Å². The average molecular weight is 238 g/mol. The van der Waals surface area contributed by atoms with E-state index in [2.05, 4.69) is 11.3 Å². The van der Waals surface area contributed by atoms with Crippen LogP contribution < -0.4 is 4.74 Å². The molecule has 5 nitrogen and oxygen atoms in total. The minimum absolute atomic E-state index is 0.0339. The van der Waals surface area contributed by atoms with Crippen LogP contribution in [0.3, 0.4) is 0 Å². The van der Waals surface area contributed by atoms with E-state index in [0.29, 0.717) is 5.75 Å². The van der Waals surface area contributed by atoms with Crippen LogP contribution in [0, 0.1) is 0 Å². The number of esters is 1. The number of phenolic OH excluding ortho intramolecular Hbond substituents is 1. The topological polar surface area (TPSA) is 76.0 Å². The van der Waals surface area contributed by atoms with E-state index in [1.54, 1.807) is 12.1 Å². The summed E-state index contributed by atoms with van der Waals surface area (Å²) in [5.41, 5.74) is 0. The fourth-order valence-electron chi connectivity index (χ4n) is 1.05. The first-order valence-corrected chi connectivity index (χ1v) is 5.01. The van der Waals surface area contributed by atoms with E-state index >= 15 is 0 Å². The molecule has 2 N–H and O–H groups in total. The number of benzene rings is 1. The molecule has 0 spiro atoms. The number of rotatable bonds is 6. The smallest absolute Gasteiger partial charge is 0.330 e. The number of ether oxygens (including phenoxy) is 2. The summed E-state index contributed by atoms with van der Waals surface area (Å²) in [5, 5.41) is 18.6. The van der Waals surface area contributed by atoms with Crippen molar-refractivity contribution in [3.63, 3.8) is 0 Å². The van der Waals surface area contributed by atoms with Crippen molar-refractivity contribution >= 4 is 5.97 Å². The predicted octanol–water partition coefficient (Wildman–Crippen LogP) is 0.861. The molecule has 0 saturated carbocycles. The summed E-state index contributed by atoms with van der Waals surface area (Å²) in [4.78, 5) is 10.7. The van der Waals surface area contributed by atoms with Gasteiger partial charge in [-0.1, -0.05) is 12.6 Å². The molecule has 0 amide bonds. The van der Waals surface area contributed by atoms with E-state index in [9.17, 15) is 9.90 Å². The van der Waals surface area contributed by atoms with Gasteiger partial charge in [0.2, 0.25) is 0 Å². The summed E-state index contributed by atoms with van der Waals surface area (Å²) in [5.74, 6) is -0.0874. The van der Waals surface area contributed by atoms with Crippen molar-refractivity contribution in [2.75, 3.05) is 13.2 Å². The fraction of sp³-hybridized carbons (Fsp3) is 0.250. The van der Waals surface area contributed by atoms with Crippen LogP contribution in [0.5, 0.6) is 11.5 Å². The van der Waals surface area contributed by atoms with Gasteiger partial charge in [0.05, 0.1) is 0 Å². The van der Waals surface area contributed by atoms with Gasteiger partial charge in [0.1, 0.15) is 30.8 Å². The zero-order chi connectivity index (χ0) is 12.7. The molecule has 0 saturated heterocycles. The molecule has 1 rings (SSSR count). The van der Waals surface area contributed by atoms with Crippen LogP contribution in [0.15, 0.2) is 36.9 Å². The second-order valence-electron chi connectivity index (χ2n) is 3.30. The van der Waals surface area contributed by atoms with Gasteiger partial charge in [0, 0.05) is 12.1 Å². The molecular weight excluding hydrogens is 224 g/mol. The van der Waals surface area contributed by atoms with E-state index in [1.807, 2.05) is 0 Å². The van der Waals surface area contributed by atoms with Crippen molar-refractivity contribution in [1.82, 2.24) is 0 Å². The second kappa shape index (κ2) is 6.55. The van der Waals surface area contributed by atoms with Crippen molar-refractivity contribution in [2.24, 2.45) is 0 Å². The summed E-state index contributed by atoms with van der Waals surface area (Å²) >= 11 is 0. The van der Waals surface area contributed by atoms with Gasteiger partial charge < -0.3 is 19.7 Å². The summed E-state index contributed by atoms with van der Waals surface area (Å²) in [7, 11) is 0. The number of aromatic hydroxyl groups is 1. The van der Waals surface area contributed by atoms with Crippen molar-refractivity contribution in [2.45, 2.75) is 6.10 Å². The van der Waals surface area contributed by atoms with Gasteiger partial charge in [-0.2, -0.15) is 0 Å². The minimum atomic E-state index is -0.929. The Kier molecular flexibility index (Phi) is 5.03. The van der Waals surface area contributed by atoms with Crippen LogP contribution in [0.2, 0.25) is 0 Å². The van der Waals surface area contributed by atoms with Crippen molar-refractivity contribution in [1.29, 1.82) is 0 Å². The highest BCUT2D eigenvalue weighted by Gasteiger charge is 2.08. The number of carbonyl (C=O) groups excluding carboxylic acids is 1. The monoisotopic (exact) mass is 238 g/mol. The van der Waals surface area contributed by atoms with Gasteiger partial charge in [0.15, 0.2) is 0 Å². The molecule has 1 unspecified atom stereocenters. The van der Waals surface area contributed by atoms with Gasteiger partial charge in [-0.3, -0.25) is 0 Å². The second-order valence-corrected chi connectivity index (χ2v) is 3.30. The predicted molar refractivity (Wildman–Crippen MR) is 60.8 cm³/mol. The zero-order valence-electron chi connectivity index (χ0n) is 9.20. The highest BCUT2D eigenvalue weighted by molar-refractivity contribution is 5.81. The molecule has 0 heterocycles. The van der Waals surface area contributed by atoms with Gasteiger partial charge in [0.25, 0.3) is 0 Å². The normalized spacial score (nSPS) is 11.6. The van der Waals surface area contributed by atoms with Crippen LogP contribution in [-0.4, -0.2) is 35.5 Å². The third-order valence-corrected chi connectivity index (χ3v) is 1.84. The van der Waals surface area contributed by atoms with Gasteiger partial charge in [-0.15, -0.1) is 0 Å². The molecule has 0 aromatic heterocycles. The third kappa shape index (κ3) is 5.03. The standard InChI is InChI=1S/C12H14O5/c1-2-12(15)17-8-10(14)7-16-11-5-3-4-9(13)6-11/h2-6,10,13-14H,1,7-8H2. The van der Waals surface area contributed by atoms with Crippen molar-refractivity contribution in [3.05, 3.63) is 36.9 Å². The fourth-order valence-corrected chi connectivity index (χ4v) is 1.05. The van der Waals surface area contributed by atoms with Gasteiger partial charge in [-0.05, 0) is 12.1 Å². The number of carbonyl (C=O) groups is 1. The molecule has 1 aromatic rings.